The van der Waals surface area contributed by atoms with Crippen molar-refractivity contribution in [2.75, 3.05) is 7.11 Å². The van der Waals surface area contributed by atoms with Gasteiger partial charge in [0, 0.05) is 11.1 Å². The summed E-state index contributed by atoms with van der Waals surface area (Å²) < 4.78 is 10.9. The van der Waals surface area contributed by atoms with Gasteiger partial charge in [-0.15, -0.1) is 0 Å². The van der Waals surface area contributed by atoms with Crippen LogP contribution in [0.4, 0.5) is 0 Å². The fourth-order valence-corrected chi connectivity index (χ4v) is 2.62. The maximum absolute atomic E-state index is 11.6. The molecule has 0 saturated carbocycles. The Balaban J connectivity index is 2.27. The number of esters is 1. The number of benzene rings is 1. The maximum atomic E-state index is 11.6. The molecule has 0 radical (unpaired) electrons. The first kappa shape index (κ1) is 17.1. The van der Waals surface area contributed by atoms with Crippen LogP contribution in [0.15, 0.2) is 29.9 Å². The van der Waals surface area contributed by atoms with Crippen LogP contribution in [0.3, 0.4) is 0 Å². The number of hydrogen-bond acceptors (Lipinski definition) is 4. The molecule has 1 aromatic carbocycles. The van der Waals surface area contributed by atoms with Crippen molar-refractivity contribution in [1.82, 2.24) is 0 Å². The summed E-state index contributed by atoms with van der Waals surface area (Å²) in [5.41, 5.74) is 2.28. The van der Waals surface area contributed by atoms with E-state index in [1.165, 1.54) is 12.7 Å². The maximum Gasteiger partial charge on any atom is 0.310 e. The molecule has 1 aliphatic heterocycles. The van der Waals surface area contributed by atoms with E-state index in [4.69, 9.17) is 9.47 Å². The van der Waals surface area contributed by atoms with Crippen LogP contribution in [0.5, 0.6) is 11.5 Å². The highest BCUT2D eigenvalue weighted by Gasteiger charge is 2.29. The molecule has 4 nitrogen and oxygen atoms in total. The summed E-state index contributed by atoms with van der Waals surface area (Å²) in [6.07, 6.45) is 7.97. The minimum atomic E-state index is -0.430. The van der Waals surface area contributed by atoms with Gasteiger partial charge in [-0.2, -0.15) is 0 Å². The molecule has 1 aliphatic rings. The van der Waals surface area contributed by atoms with Crippen LogP contribution in [0.2, 0.25) is 0 Å². The Morgan fingerprint density at radius 3 is 2.78 bits per heavy atom. The number of ether oxygens (including phenoxy) is 2. The summed E-state index contributed by atoms with van der Waals surface area (Å²) in [6, 6.07) is 3.20. The standard InChI is InChI=1S/C19H24O4/c1-13(2)6-5-8-19(3)9-7-14-10-16(20)11-15(18(14)23-19)12-17(21)22-4/h6-7,9-11,20H,5,8,12H2,1-4H3/t19-/m1/s1. The summed E-state index contributed by atoms with van der Waals surface area (Å²) in [5, 5.41) is 9.84. The summed E-state index contributed by atoms with van der Waals surface area (Å²) in [4.78, 5) is 11.6. The van der Waals surface area contributed by atoms with Crippen molar-refractivity contribution in [3.05, 3.63) is 41.0 Å². The highest BCUT2D eigenvalue weighted by Crippen LogP contribution is 2.38. The number of aromatic hydroxyl groups is 1. The third-order valence-electron chi connectivity index (χ3n) is 3.89. The predicted molar refractivity (Wildman–Crippen MR) is 90.6 cm³/mol. The van der Waals surface area contributed by atoms with E-state index in [1.54, 1.807) is 12.1 Å². The van der Waals surface area contributed by atoms with Gasteiger partial charge in [-0.3, -0.25) is 4.79 Å². The normalized spacial score (nSPS) is 18.8. The lowest BCUT2D eigenvalue weighted by atomic mass is 9.93. The molecule has 0 saturated heterocycles. The molecule has 0 spiro atoms. The summed E-state index contributed by atoms with van der Waals surface area (Å²) >= 11 is 0. The first-order valence-electron chi connectivity index (χ1n) is 7.77. The Morgan fingerprint density at radius 2 is 2.13 bits per heavy atom. The minimum Gasteiger partial charge on any atom is -0.508 e. The van der Waals surface area contributed by atoms with Crippen molar-refractivity contribution < 1.29 is 19.4 Å². The first-order valence-corrected chi connectivity index (χ1v) is 7.77. The van der Waals surface area contributed by atoms with E-state index >= 15 is 0 Å². The summed E-state index contributed by atoms with van der Waals surface area (Å²) in [5.74, 6) is 0.404. The topological polar surface area (TPSA) is 55.8 Å². The zero-order valence-electron chi connectivity index (χ0n) is 14.2. The molecule has 124 valence electrons. The van der Waals surface area contributed by atoms with Gasteiger partial charge in [-0.25, -0.2) is 0 Å². The van der Waals surface area contributed by atoms with Crippen LogP contribution in [0.1, 0.15) is 44.7 Å². The van der Waals surface area contributed by atoms with Crippen molar-refractivity contribution in [2.45, 2.75) is 45.6 Å². The molecule has 0 unspecified atom stereocenters. The van der Waals surface area contributed by atoms with Gasteiger partial charge in [0.25, 0.3) is 0 Å². The van der Waals surface area contributed by atoms with Crippen LogP contribution in [0, 0.1) is 0 Å². The largest absolute Gasteiger partial charge is 0.508 e. The van der Waals surface area contributed by atoms with E-state index < -0.39 is 5.60 Å². The average Bonchev–Trinajstić information content (AvgIpc) is 2.47. The Bertz CT molecular complexity index is 654. The van der Waals surface area contributed by atoms with Gasteiger partial charge in [0.2, 0.25) is 0 Å². The molecule has 0 fully saturated rings. The predicted octanol–water partition coefficient (Wildman–Crippen LogP) is 4.02. The lowest BCUT2D eigenvalue weighted by molar-refractivity contribution is -0.139. The molecular formula is C19H24O4. The van der Waals surface area contributed by atoms with Crippen molar-refractivity contribution in [1.29, 1.82) is 0 Å². The molecule has 1 aromatic rings. The van der Waals surface area contributed by atoms with Crippen molar-refractivity contribution in [3.8, 4) is 11.5 Å². The fourth-order valence-electron chi connectivity index (χ4n) is 2.62. The number of allylic oxidation sites excluding steroid dienone is 2. The SMILES string of the molecule is COC(=O)Cc1cc(O)cc2c1O[C@](C)(CCC=C(C)C)C=C2. The Hall–Kier alpha value is -2.23. The Labute approximate surface area is 137 Å². The Morgan fingerprint density at radius 1 is 1.39 bits per heavy atom. The van der Waals surface area contributed by atoms with Crippen molar-refractivity contribution in [2.24, 2.45) is 0 Å². The summed E-state index contributed by atoms with van der Waals surface area (Å²) in [7, 11) is 1.35. The van der Waals surface area contributed by atoms with Crippen LogP contribution in [0.25, 0.3) is 6.08 Å². The van der Waals surface area contributed by atoms with Crippen LogP contribution < -0.4 is 4.74 Å². The van der Waals surface area contributed by atoms with Gasteiger partial charge in [0.05, 0.1) is 13.5 Å². The van der Waals surface area contributed by atoms with E-state index in [9.17, 15) is 9.90 Å². The molecule has 1 heterocycles. The lowest BCUT2D eigenvalue weighted by Crippen LogP contribution is -2.32. The molecule has 23 heavy (non-hydrogen) atoms. The number of carbonyl (C=O) groups excluding carboxylic acids is 1. The first-order chi connectivity index (χ1) is 10.8. The van der Waals surface area contributed by atoms with Gasteiger partial charge in [0.15, 0.2) is 0 Å². The quantitative estimate of drug-likeness (QED) is 0.658. The third-order valence-corrected chi connectivity index (χ3v) is 3.89. The molecule has 1 N–H and O–H groups in total. The second-order valence-electron chi connectivity index (χ2n) is 6.34. The molecule has 0 bridgehead atoms. The molecule has 4 heteroatoms. The van der Waals surface area contributed by atoms with E-state index in [1.807, 2.05) is 19.1 Å². The third kappa shape index (κ3) is 4.38. The number of carbonyl (C=O) groups is 1. The number of fused-ring (bicyclic) bond motifs is 1. The van der Waals surface area contributed by atoms with Gasteiger partial charge in [-0.1, -0.05) is 17.7 Å². The number of hydrogen-bond donors (Lipinski definition) is 1. The zero-order chi connectivity index (χ0) is 17.0. The van der Waals surface area contributed by atoms with E-state index in [0.717, 1.165) is 18.4 Å². The van der Waals surface area contributed by atoms with Crippen molar-refractivity contribution >= 4 is 12.0 Å². The van der Waals surface area contributed by atoms with Gasteiger partial charge in [-0.05, 0) is 51.8 Å². The minimum absolute atomic E-state index is 0.0745. The van der Waals surface area contributed by atoms with E-state index in [2.05, 4.69) is 19.9 Å². The number of phenolic OH excluding ortho intramolecular Hbond substituents is 1. The highest BCUT2D eigenvalue weighted by atomic mass is 16.5. The van der Waals surface area contributed by atoms with Gasteiger partial charge >= 0.3 is 5.97 Å². The van der Waals surface area contributed by atoms with Crippen LogP contribution in [-0.2, 0) is 16.0 Å². The molecule has 0 amide bonds. The van der Waals surface area contributed by atoms with E-state index in [0.29, 0.717) is 11.3 Å². The smallest absolute Gasteiger partial charge is 0.310 e. The fraction of sp³-hybridized carbons (Fsp3) is 0.421. The lowest BCUT2D eigenvalue weighted by Gasteiger charge is -2.33. The second kappa shape index (κ2) is 6.90. The van der Waals surface area contributed by atoms with Crippen LogP contribution >= 0.6 is 0 Å². The Kier molecular flexibility index (Phi) is 5.14. The van der Waals surface area contributed by atoms with Gasteiger partial charge < -0.3 is 14.6 Å². The molecule has 0 aromatic heterocycles. The number of rotatable bonds is 5. The molecule has 1 atom stereocenters. The average molecular weight is 316 g/mol. The molecular weight excluding hydrogens is 292 g/mol. The number of phenols is 1. The molecule has 2 rings (SSSR count). The van der Waals surface area contributed by atoms with E-state index in [-0.39, 0.29) is 18.1 Å². The van der Waals surface area contributed by atoms with Crippen molar-refractivity contribution in [3.63, 3.8) is 0 Å². The molecule has 0 aliphatic carbocycles. The van der Waals surface area contributed by atoms with Gasteiger partial charge in [0.1, 0.15) is 17.1 Å². The number of methoxy groups -OCH3 is 1. The highest BCUT2D eigenvalue weighted by molar-refractivity contribution is 5.76. The monoisotopic (exact) mass is 316 g/mol. The van der Waals surface area contributed by atoms with Crippen LogP contribution in [-0.4, -0.2) is 23.8 Å². The second-order valence-corrected chi connectivity index (χ2v) is 6.34. The zero-order valence-corrected chi connectivity index (χ0v) is 14.2. The summed E-state index contributed by atoms with van der Waals surface area (Å²) in [6.45, 7) is 6.18.